The van der Waals surface area contributed by atoms with Crippen molar-refractivity contribution in [3.05, 3.63) is 54.0 Å². The zero-order chi connectivity index (χ0) is 18.5. The van der Waals surface area contributed by atoms with Crippen LogP contribution >= 0.6 is 0 Å². The quantitative estimate of drug-likeness (QED) is 0.885. The Morgan fingerprint density at radius 3 is 2.31 bits per heavy atom. The summed E-state index contributed by atoms with van der Waals surface area (Å²) in [6.07, 6.45) is 4.91. The molecule has 1 aliphatic carbocycles. The van der Waals surface area contributed by atoms with E-state index < -0.39 is 0 Å². The van der Waals surface area contributed by atoms with Gasteiger partial charge in [-0.2, -0.15) is 0 Å². The summed E-state index contributed by atoms with van der Waals surface area (Å²) in [7, 11) is 0. The van der Waals surface area contributed by atoms with Crippen LogP contribution in [-0.2, 0) is 4.79 Å². The monoisotopic (exact) mass is 355 g/mol. The maximum absolute atomic E-state index is 13.3. The molecule has 2 aromatic rings. The molecule has 6 heteroatoms. The Bertz CT molecular complexity index is 784. The van der Waals surface area contributed by atoms with Gasteiger partial charge in [0, 0.05) is 30.8 Å². The van der Waals surface area contributed by atoms with Crippen molar-refractivity contribution in [1.82, 2.24) is 15.6 Å². The Morgan fingerprint density at radius 2 is 1.73 bits per heavy atom. The molecule has 1 saturated carbocycles. The number of halogens is 1. The largest absolute Gasteiger partial charge is 0.354 e. The molecule has 0 radical (unpaired) electrons. The van der Waals surface area contributed by atoms with E-state index in [1.807, 2.05) is 0 Å². The van der Waals surface area contributed by atoms with Gasteiger partial charge in [-0.15, -0.1) is 0 Å². The second-order valence-corrected chi connectivity index (χ2v) is 6.66. The maximum atomic E-state index is 13.3. The average molecular weight is 355 g/mol. The zero-order valence-electron chi connectivity index (χ0n) is 14.7. The van der Waals surface area contributed by atoms with Crippen LogP contribution in [0, 0.1) is 5.82 Å². The first-order chi connectivity index (χ1) is 12.5. The lowest BCUT2D eigenvalue weighted by Crippen LogP contribution is -2.43. The van der Waals surface area contributed by atoms with E-state index in [-0.39, 0.29) is 29.7 Å². The van der Waals surface area contributed by atoms with Gasteiger partial charge in [0.1, 0.15) is 5.82 Å². The van der Waals surface area contributed by atoms with E-state index in [4.69, 9.17) is 0 Å². The summed E-state index contributed by atoms with van der Waals surface area (Å²) >= 11 is 0. The number of amides is 2. The smallest absolute Gasteiger partial charge is 0.253 e. The minimum absolute atomic E-state index is 0.0121. The van der Waals surface area contributed by atoms with Crippen molar-refractivity contribution in [2.24, 2.45) is 0 Å². The topological polar surface area (TPSA) is 71.1 Å². The van der Waals surface area contributed by atoms with Crippen LogP contribution in [0.2, 0.25) is 0 Å². The molecule has 1 heterocycles. The van der Waals surface area contributed by atoms with Crippen molar-refractivity contribution in [1.29, 1.82) is 0 Å². The fraction of sp³-hybridized carbons (Fsp3) is 0.350. The van der Waals surface area contributed by atoms with E-state index in [1.165, 1.54) is 25.3 Å². The number of nitrogens with zero attached hydrogens (tertiary/aromatic N) is 1. The summed E-state index contributed by atoms with van der Waals surface area (Å²) in [6, 6.07) is 9.93. The van der Waals surface area contributed by atoms with Crippen molar-refractivity contribution in [2.45, 2.75) is 44.7 Å². The number of pyridine rings is 1. The first-order valence-electron chi connectivity index (χ1n) is 8.81. The number of hydrogen-bond donors (Lipinski definition) is 2. The number of nitrogens with one attached hydrogen (secondary N) is 2. The van der Waals surface area contributed by atoms with Gasteiger partial charge in [0.05, 0.1) is 11.3 Å². The maximum Gasteiger partial charge on any atom is 0.253 e. The molecule has 0 bridgehead atoms. The molecule has 0 atom stereocenters. The first-order valence-corrected chi connectivity index (χ1v) is 8.81. The molecule has 1 aliphatic rings. The number of benzene rings is 1. The van der Waals surface area contributed by atoms with Crippen LogP contribution in [0.5, 0.6) is 0 Å². The van der Waals surface area contributed by atoms with Crippen LogP contribution < -0.4 is 10.6 Å². The highest BCUT2D eigenvalue weighted by Gasteiger charge is 2.23. The second-order valence-electron chi connectivity index (χ2n) is 6.66. The van der Waals surface area contributed by atoms with Gasteiger partial charge in [0.15, 0.2) is 0 Å². The third-order valence-corrected chi connectivity index (χ3v) is 4.62. The van der Waals surface area contributed by atoms with E-state index in [1.54, 1.807) is 24.3 Å². The van der Waals surface area contributed by atoms with Gasteiger partial charge in [-0.25, -0.2) is 4.39 Å². The highest BCUT2D eigenvalue weighted by Crippen LogP contribution is 2.20. The van der Waals surface area contributed by atoms with Gasteiger partial charge in [0.25, 0.3) is 5.91 Å². The summed E-state index contributed by atoms with van der Waals surface area (Å²) in [4.78, 5) is 27.8. The van der Waals surface area contributed by atoms with Crippen molar-refractivity contribution >= 4 is 11.8 Å². The van der Waals surface area contributed by atoms with E-state index in [2.05, 4.69) is 15.6 Å². The summed E-state index contributed by atoms with van der Waals surface area (Å²) in [5, 5.41) is 5.95. The highest BCUT2D eigenvalue weighted by atomic mass is 19.1. The molecule has 0 aliphatic heterocycles. The van der Waals surface area contributed by atoms with Crippen LogP contribution in [0.15, 0.2) is 42.6 Å². The van der Waals surface area contributed by atoms with Crippen molar-refractivity contribution < 1.29 is 14.0 Å². The highest BCUT2D eigenvalue weighted by molar-refractivity contribution is 5.94. The number of rotatable bonds is 4. The molecular weight excluding hydrogens is 333 g/mol. The summed E-state index contributed by atoms with van der Waals surface area (Å²) in [6.45, 7) is 1.52. The number of hydrogen-bond acceptors (Lipinski definition) is 3. The fourth-order valence-electron chi connectivity index (χ4n) is 3.29. The molecule has 0 saturated heterocycles. The van der Waals surface area contributed by atoms with E-state index in [0.717, 1.165) is 25.7 Å². The normalized spacial score (nSPS) is 19.6. The molecule has 0 spiro atoms. The Morgan fingerprint density at radius 1 is 1.04 bits per heavy atom. The van der Waals surface area contributed by atoms with Gasteiger partial charge in [-0.05, 0) is 49.9 Å². The predicted octanol–water partition coefficient (Wildman–Crippen LogP) is 3.06. The molecule has 5 nitrogen and oxygen atoms in total. The predicted molar refractivity (Wildman–Crippen MR) is 97.0 cm³/mol. The Hall–Kier alpha value is -2.76. The van der Waals surface area contributed by atoms with Crippen LogP contribution in [0.4, 0.5) is 4.39 Å². The van der Waals surface area contributed by atoms with Gasteiger partial charge < -0.3 is 10.6 Å². The van der Waals surface area contributed by atoms with Crippen LogP contribution in [-0.4, -0.2) is 28.9 Å². The molecule has 26 heavy (non-hydrogen) atoms. The summed E-state index contributed by atoms with van der Waals surface area (Å²) in [5.41, 5.74) is 1.78. The van der Waals surface area contributed by atoms with Gasteiger partial charge in [-0.1, -0.05) is 12.1 Å². The fourth-order valence-corrected chi connectivity index (χ4v) is 3.29. The molecule has 3 rings (SSSR count). The van der Waals surface area contributed by atoms with Crippen molar-refractivity contribution in [3.8, 4) is 11.3 Å². The molecule has 2 N–H and O–H groups in total. The summed E-state index contributed by atoms with van der Waals surface area (Å²) in [5.74, 6) is -0.491. The third-order valence-electron chi connectivity index (χ3n) is 4.62. The van der Waals surface area contributed by atoms with Crippen LogP contribution in [0.1, 0.15) is 43.0 Å². The minimum Gasteiger partial charge on any atom is -0.354 e. The van der Waals surface area contributed by atoms with Crippen molar-refractivity contribution in [3.63, 3.8) is 0 Å². The SMILES string of the molecule is CC(=O)NC1CCC(NC(=O)c2ccc(-c3cccc(F)c3)nc2)CC1. The number of carbonyl (C=O) groups excluding carboxylic acids is 2. The van der Waals surface area contributed by atoms with Gasteiger partial charge in [0.2, 0.25) is 5.91 Å². The van der Waals surface area contributed by atoms with Crippen molar-refractivity contribution in [2.75, 3.05) is 0 Å². The van der Waals surface area contributed by atoms with Crippen LogP contribution in [0.25, 0.3) is 11.3 Å². The Balaban J connectivity index is 1.56. The lowest BCUT2D eigenvalue weighted by Gasteiger charge is -2.29. The lowest BCUT2D eigenvalue weighted by molar-refractivity contribution is -0.119. The minimum atomic E-state index is -0.319. The van der Waals surface area contributed by atoms with Gasteiger partial charge in [-0.3, -0.25) is 14.6 Å². The van der Waals surface area contributed by atoms with Crippen LogP contribution in [0.3, 0.4) is 0 Å². The molecule has 1 aromatic heterocycles. The van der Waals surface area contributed by atoms with E-state index >= 15 is 0 Å². The molecule has 136 valence electrons. The number of aromatic nitrogens is 1. The van der Waals surface area contributed by atoms with Gasteiger partial charge >= 0.3 is 0 Å². The number of carbonyl (C=O) groups is 2. The van der Waals surface area contributed by atoms with E-state index in [9.17, 15) is 14.0 Å². The molecule has 0 unspecified atom stereocenters. The molecule has 2 amide bonds. The Kier molecular flexibility index (Phi) is 5.61. The van der Waals surface area contributed by atoms with E-state index in [0.29, 0.717) is 16.8 Å². The molecule has 1 aromatic carbocycles. The second kappa shape index (κ2) is 8.08. The summed E-state index contributed by atoms with van der Waals surface area (Å²) < 4.78 is 13.3. The average Bonchev–Trinajstić information content (AvgIpc) is 2.63. The third kappa shape index (κ3) is 4.65. The standard InChI is InChI=1S/C20H22FN3O2/c1-13(25)23-17-6-8-18(9-7-17)24-20(26)15-5-10-19(22-12-15)14-3-2-4-16(21)11-14/h2-5,10-12,17-18H,6-9H2,1H3,(H,23,25)(H,24,26). The lowest BCUT2D eigenvalue weighted by atomic mass is 9.91. The Labute approximate surface area is 152 Å². The molecular formula is C20H22FN3O2. The molecule has 1 fully saturated rings. The zero-order valence-corrected chi connectivity index (χ0v) is 14.7. The first kappa shape index (κ1) is 18.0.